The molecule has 0 saturated carbocycles. The van der Waals surface area contributed by atoms with Crippen molar-refractivity contribution in [2.45, 2.75) is 18.7 Å². The maximum Gasteiger partial charge on any atom is 0.433 e. The van der Waals surface area contributed by atoms with E-state index in [-0.39, 0.29) is 18.6 Å². The third-order valence-corrected chi connectivity index (χ3v) is 4.40. The normalized spacial score (nSPS) is 15.3. The Bertz CT molecular complexity index is 542. The van der Waals surface area contributed by atoms with Crippen LogP contribution in [0.4, 0.5) is 5.88 Å². The van der Waals surface area contributed by atoms with Gasteiger partial charge in [-0.1, -0.05) is 0 Å². The van der Waals surface area contributed by atoms with Gasteiger partial charge in [0.1, 0.15) is 10.7 Å². The number of rotatable bonds is 7. The Kier molecular flexibility index (Phi) is 5.40. The van der Waals surface area contributed by atoms with E-state index in [4.69, 9.17) is 0 Å². The van der Waals surface area contributed by atoms with Gasteiger partial charge in [-0.3, -0.25) is 19.5 Å². The van der Waals surface area contributed by atoms with Gasteiger partial charge in [0.15, 0.2) is 5.85 Å². The Labute approximate surface area is 112 Å². The number of nitrogens with two attached hydrogens (primary N) is 1. The highest BCUT2D eigenvalue weighted by Crippen LogP contribution is 2.54. The van der Waals surface area contributed by atoms with Gasteiger partial charge in [-0.15, -0.1) is 0 Å². The number of carbonyl (C=O) groups excluding carboxylic acids is 1. The van der Waals surface area contributed by atoms with Crippen molar-refractivity contribution in [1.82, 2.24) is 0 Å². The number of aliphatic hydroxyl groups is 1. The fraction of sp³-hybridized carbons (Fsp3) is 0.444. The molecule has 1 rings (SSSR count). The number of nitro groups is 1. The lowest BCUT2D eigenvalue weighted by Gasteiger charge is -2.15. The van der Waals surface area contributed by atoms with Gasteiger partial charge in [0, 0.05) is 12.6 Å². The molecule has 1 heterocycles. The van der Waals surface area contributed by atoms with E-state index in [0.29, 0.717) is 0 Å². The molecular weight excluding hydrogens is 295 g/mol. The van der Waals surface area contributed by atoms with Crippen LogP contribution in [-0.2, 0) is 14.2 Å². The Balaban J connectivity index is 2.67. The van der Waals surface area contributed by atoms with Crippen molar-refractivity contribution in [2.75, 3.05) is 6.16 Å². The number of hydrogen-bond donors (Lipinski definition) is 3. The topological polar surface area (TPSA) is 166 Å². The first-order valence-corrected chi connectivity index (χ1v) is 7.32. The summed E-state index contributed by atoms with van der Waals surface area (Å²) in [6.45, 7) is 0. The molecular formula is C9H13N2O8P. The van der Waals surface area contributed by atoms with Crippen LogP contribution in [0.15, 0.2) is 16.5 Å². The van der Waals surface area contributed by atoms with Crippen LogP contribution in [0.1, 0.15) is 24.4 Å². The number of carbonyl (C=O) groups is 1. The second kappa shape index (κ2) is 6.62. The Morgan fingerprint density at radius 3 is 2.75 bits per heavy atom. The van der Waals surface area contributed by atoms with E-state index in [9.17, 15) is 29.5 Å². The van der Waals surface area contributed by atoms with Crippen molar-refractivity contribution >= 4 is 19.2 Å². The first-order valence-electron chi connectivity index (χ1n) is 5.41. The van der Waals surface area contributed by atoms with Crippen molar-refractivity contribution in [3.8, 4) is 0 Å². The van der Waals surface area contributed by atoms with Crippen LogP contribution in [0.25, 0.3) is 0 Å². The Hall–Kier alpha value is -1.74. The predicted octanol–water partition coefficient (Wildman–Crippen LogP) is 0.646. The zero-order valence-corrected chi connectivity index (χ0v) is 11.1. The van der Waals surface area contributed by atoms with Crippen molar-refractivity contribution < 1.29 is 33.5 Å². The molecule has 0 aliphatic heterocycles. The number of hydrogen-bond acceptors (Lipinski definition) is 8. The summed E-state index contributed by atoms with van der Waals surface area (Å²) in [5.41, 5.74) is 0. The number of nitrogens with zero attached hydrogens (tertiary/aromatic N) is 1. The molecule has 1 aromatic rings. The Morgan fingerprint density at radius 1 is 1.60 bits per heavy atom. The molecule has 0 aliphatic rings. The second-order valence-corrected chi connectivity index (χ2v) is 6.33. The third-order valence-electron chi connectivity index (χ3n) is 2.42. The van der Waals surface area contributed by atoms with E-state index in [1.54, 1.807) is 0 Å². The standard InChI is InChI=1S/C9H13N2O8P/c10-19-8(12)2-1-5-20(16,17)9(13)6-3-4-7(18-6)11(14)15/h3-4,9,13H,1-2,5,10H2,(H,16,17)/t9-/m0/s1. The smallest absolute Gasteiger partial charge is 0.402 e. The lowest BCUT2D eigenvalue weighted by Crippen LogP contribution is -2.10. The van der Waals surface area contributed by atoms with E-state index in [1.165, 1.54) is 0 Å². The minimum atomic E-state index is -4.10. The molecule has 0 aliphatic carbocycles. The monoisotopic (exact) mass is 308 g/mol. The summed E-state index contributed by atoms with van der Waals surface area (Å²) in [4.78, 5) is 33.8. The molecule has 2 atom stereocenters. The van der Waals surface area contributed by atoms with Gasteiger partial charge in [0.25, 0.3) is 0 Å². The minimum Gasteiger partial charge on any atom is -0.402 e. The molecule has 20 heavy (non-hydrogen) atoms. The fourth-order valence-electron chi connectivity index (χ4n) is 1.41. The van der Waals surface area contributed by atoms with Gasteiger partial charge in [-0.2, -0.15) is 5.90 Å². The van der Waals surface area contributed by atoms with Crippen LogP contribution in [-0.4, -0.2) is 27.1 Å². The first kappa shape index (κ1) is 16.3. The van der Waals surface area contributed by atoms with Crippen LogP contribution < -0.4 is 5.90 Å². The van der Waals surface area contributed by atoms with Crippen molar-refractivity contribution in [3.63, 3.8) is 0 Å². The molecule has 0 spiro atoms. The zero-order valence-electron chi connectivity index (χ0n) is 10.2. The summed E-state index contributed by atoms with van der Waals surface area (Å²) in [7, 11) is -4.10. The predicted molar refractivity (Wildman–Crippen MR) is 64.5 cm³/mol. The molecule has 4 N–H and O–H groups in total. The lowest BCUT2D eigenvalue weighted by atomic mass is 10.3. The maximum absolute atomic E-state index is 11.9. The average molecular weight is 308 g/mol. The molecule has 112 valence electrons. The van der Waals surface area contributed by atoms with Crippen LogP contribution in [0.2, 0.25) is 0 Å². The summed E-state index contributed by atoms with van der Waals surface area (Å²) >= 11 is 0. The van der Waals surface area contributed by atoms with Crippen LogP contribution >= 0.6 is 7.37 Å². The van der Waals surface area contributed by atoms with E-state index in [1.807, 2.05) is 0 Å². The highest BCUT2D eigenvalue weighted by molar-refractivity contribution is 7.58. The maximum atomic E-state index is 11.9. The van der Waals surface area contributed by atoms with Gasteiger partial charge in [-0.25, -0.2) is 0 Å². The molecule has 0 saturated heterocycles. The summed E-state index contributed by atoms with van der Waals surface area (Å²) in [6.07, 6.45) is -0.618. The number of aliphatic hydroxyl groups excluding tert-OH is 1. The molecule has 0 fully saturated rings. The molecule has 11 heteroatoms. The van der Waals surface area contributed by atoms with Gasteiger partial charge in [-0.05, 0) is 12.5 Å². The molecule has 0 aromatic carbocycles. The zero-order chi connectivity index (χ0) is 15.3. The van der Waals surface area contributed by atoms with Crippen LogP contribution in [0, 0.1) is 10.1 Å². The highest BCUT2D eigenvalue weighted by atomic mass is 31.2. The summed E-state index contributed by atoms with van der Waals surface area (Å²) in [6, 6.07) is 2.00. The van der Waals surface area contributed by atoms with Gasteiger partial charge in [0.05, 0.1) is 6.07 Å². The molecule has 0 amide bonds. The van der Waals surface area contributed by atoms with Crippen LogP contribution in [0.3, 0.4) is 0 Å². The molecule has 1 aromatic heterocycles. The van der Waals surface area contributed by atoms with Crippen LogP contribution in [0.5, 0.6) is 0 Å². The molecule has 1 unspecified atom stereocenters. The summed E-state index contributed by atoms with van der Waals surface area (Å²) in [5.74, 6) is 0.907. The largest absolute Gasteiger partial charge is 0.433 e. The lowest BCUT2D eigenvalue weighted by molar-refractivity contribution is -0.402. The summed E-state index contributed by atoms with van der Waals surface area (Å²) in [5, 5.41) is 20.1. The number of furan rings is 1. The minimum absolute atomic E-state index is 0.0380. The molecule has 0 radical (unpaired) electrons. The molecule has 0 bridgehead atoms. The third kappa shape index (κ3) is 4.14. The summed E-state index contributed by atoms with van der Waals surface area (Å²) < 4.78 is 16.5. The van der Waals surface area contributed by atoms with Crippen molar-refractivity contribution in [3.05, 3.63) is 28.0 Å². The average Bonchev–Trinajstić information content (AvgIpc) is 2.86. The molecule has 10 nitrogen and oxygen atoms in total. The Morgan fingerprint density at radius 2 is 2.25 bits per heavy atom. The van der Waals surface area contributed by atoms with E-state index in [2.05, 4.69) is 15.2 Å². The fourth-order valence-corrected chi connectivity index (χ4v) is 2.80. The highest BCUT2D eigenvalue weighted by Gasteiger charge is 2.33. The van der Waals surface area contributed by atoms with Gasteiger partial charge >= 0.3 is 11.9 Å². The van der Waals surface area contributed by atoms with E-state index < -0.39 is 36.2 Å². The first-order chi connectivity index (χ1) is 9.27. The van der Waals surface area contributed by atoms with E-state index >= 15 is 0 Å². The quantitative estimate of drug-likeness (QED) is 0.372. The SMILES string of the molecule is NOC(=O)CCCP(=O)(O)[C@H](O)c1ccc([N+](=O)[O-])o1. The van der Waals surface area contributed by atoms with Gasteiger partial charge in [0.2, 0.25) is 7.37 Å². The van der Waals surface area contributed by atoms with Crippen molar-refractivity contribution in [1.29, 1.82) is 0 Å². The van der Waals surface area contributed by atoms with Gasteiger partial charge < -0.3 is 19.3 Å². The van der Waals surface area contributed by atoms with E-state index in [0.717, 1.165) is 12.1 Å². The second-order valence-electron chi connectivity index (χ2n) is 3.88. The van der Waals surface area contributed by atoms with Crippen molar-refractivity contribution in [2.24, 2.45) is 5.90 Å².